The first kappa shape index (κ1) is 14.4. The first-order valence-electron chi connectivity index (χ1n) is 5.91. The van der Waals surface area contributed by atoms with Crippen LogP contribution in [0, 0.1) is 3.57 Å². The number of thioether (sulfide) groups is 1. The summed E-state index contributed by atoms with van der Waals surface area (Å²) in [6.45, 7) is 0. The molecule has 1 amide bonds. The average Bonchev–Trinajstić information content (AvgIpc) is 2.40. The SMILES string of the molecule is O=C(CSCc1ccccc1)Nc1cccc(I)c1. The standard InChI is InChI=1S/C15H14INOS/c16-13-7-4-8-14(9-13)17-15(18)11-19-10-12-5-2-1-3-6-12/h1-9H,10-11H2,(H,17,18). The summed E-state index contributed by atoms with van der Waals surface area (Å²) in [6, 6.07) is 18.0. The number of rotatable bonds is 5. The van der Waals surface area contributed by atoms with Crippen LogP contribution in [0.3, 0.4) is 0 Å². The van der Waals surface area contributed by atoms with Crippen LogP contribution in [0.15, 0.2) is 54.6 Å². The highest BCUT2D eigenvalue weighted by atomic mass is 127. The lowest BCUT2D eigenvalue weighted by Crippen LogP contribution is -2.14. The lowest BCUT2D eigenvalue weighted by atomic mass is 10.2. The molecule has 2 nitrogen and oxygen atoms in total. The summed E-state index contributed by atoms with van der Waals surface area (Å²) in [6.07, 6.45) is 0. The molecule has 0 aromatic heterocycles. The molecule has 19 heavy (non-hydrogen) atoms. The van der Waals surface area contributed by atoms with Gasteiger partial charge in [-0.1, -0.05) is 36.4 Å². The molecule has 0 atom stereocenters. The van der Waals surface area contributed by atoms with Crippen molar-refractivity contribution >= 4 is 45.9 Å². The van der Waals surface area contributed by atoms with Gasteiger partial charge in [-0.05, 0) is 46.4 Å². The van der Waals surface area contributed by atoms with E-state index in [0.717, 1.165) is 15.0 Å². The van der Waals surface area contributed by atoms with E-state index in [-0.39, 0.29) is 5.91 Å². The second-order valence-electron chi connectivity index (χ2n) is 4.04. The van der Waals surface area contributed by atoms with Crippen LogP contribution in [0.4, 0.5) is 5.69 Å². The van der Waals surface area contributed by atoms with Crippen molar-refractivity contribution < 1.29 is 4.79 Å². The summed E-state index contributed by atoms with van der Waals surface area (Å²) in [4.78, 5) is 11.8. The minimum Gasteiger partial charge on any atom is -0.325 e. The predicted molar refractivity (Wildman–Crippen MR) is 90.4 cm³/mol. The van der Waals surface area contributed by atoms with Gasteiger partial charge in [-0.15, -0.1) is 11.8 Å². The molecule has 0 heterocycles. The maximum atomic E-state index is 11.8. The molecule has 0 unspecified atom stereocenters. The fraction of sp³-hybridized carbons (Fsp3) is 0.133. The Morgan fingerprint density at radius 3 is 2.63 bits per heavy atom. The van der Waals surface area contributed by atoms with E-state index in [1.807, 2.05) is 42.5 Å². The zero-order chi connectivity index (χ0) is 13.5. The first-order valence-corrected chi connectivity index (χ1v) is 8.14. The van der Waals surface area contributed by atoms with E-state index in [1.165, 1.54) is 5.56 Å². The van der Waals surface area contributed by atoms with Gasteiger partial charge in [0.15, 0.2) is 0 Å². The highest BCUT2D eigenvalue weighted by molar-refractivity contribution is 14.1. The third kappa shape index (κ3) is 5.24. The molecule has 0 saturated heterocycles. The Morgan fingerprint density at radius 2 is 1.89 bits per heavy atom. The molecule has 0 fully saturated rings. The Labute approximate surface area is 131 Å². The van der Waals surface area contributed by atoms with Gasteiger partial charge in [-0.2, -0.15) is 0 Å². The number of anilines is 1. The van der Waals surface area contributed by atoms with Crippen LogP contribution in [0.2, 0.25) is 0 Å². The molecule has 0 aliphatic rings. The van der Waals surface area contributed by atoms with Crippen LogP contribution >= 0.6 is 34.4 Å². The number of hydrogen-bond acceptors (Lipinski definition) is 2. The summed E-state index contributed by atoms with van der Waals surface area (Å²) in [7, 11) is 0. The van der Waals surface area contributed by atoms with Crippen LogP contribution in [-0.4, -0.2) is 11.7 Å². The topological polar surface area (TPSA) is 29.1 Å². The number of halogens is 1. The van der Waals surface area contributed by atoms with Crippen molar-refractivity contribution in [2.75, 3.05) is 11.1 Å². The fourth-order valence-electron chi connectivity index (χ4n) is 1.60. The summed E-state index contributed by atoms with van der Waals surface area (Å²) in [5.74, 6) is 1.38. The molecular formula is C15H14INOS. The second-order valence-corrected chi connectivity index (χ2v) is 6.27. The van der Waals surface area contributed by atoms with Gasteiger partial charge in [-0.25, -0.2) is 0 Å². The summed E-state index contributed by atoms with van der Waals surface area (Å²) in [5.41, 5.74) is 2.10. The maximum absolute atomic E-state index is 11.8. The molecule has 0 spiro atoms. The van der Waals surface area contributed by atoms with E-state index >= 15 is 0 Å². The van der Waals surface area contributed by atoms with Gasteiger partial charge >= 0.3 is 0 Å². The highest BCUT2D eigenvalue weighted by Crippen LogP contribution is 2.14. The number of carbonyl (C=O) groups excluding carboxylic acids is 1. The molecule has 2 aromatic carbocycles. The predicted octanol–water partition coefficient (Wildman–Crippen LogP) is 4.16. The van der Waals surface area contributed by atoms with Crippen molar-refractivity contribution in [3.8, 4) is 0 Å². The Balaban J connectivity index is 1.76. The smallest absolute Gasteiger partial charge is 0.234 e. The van der Waals surface area contributed by atoms with Gasteiger partial charge in [0.2, 0.25) is 5.91 Å². The van der Waals surface area contributed by atoms with Gasteiger partial charge in [0.05, 0.1) is 5.75 Å². The number of hydrogen-bond donors (Lipinski definition) is 1. The van der Waals surface area contributed by atoms with E-state index in [0.29, 0.717) is 5.75 Å². The summed E-state index contributed by atoms with van der Waals surface area (Å²) < 4.78 is 1.12. The maximum Gasteiger partial charge on any atom is 0.234 e. The van der Waals surface area contributed by atoms with Crippen LogP contribution in [0.1, 0.15) is 5.56 Å². The van der Waals surface area contributed by atoms with Crippen molar-refractivity contribution in [1.29, 1.82) is 0 Å². The molecule has 98 valence electrons. The van der Waals surface area contributed by atoms with E-state index in [1.54, 1.807) is 11.8 Å². The Kier molecular flexibility index (Phi) is 5.72. The number of benzene rings is 2. The fourth-order valence-corrected chi connectivity index (χ4v) is 2.93. The number of nitrogens with one attached hydrogen (secondary N) is 1. The molecule has 2 rings (SSSR count). The summed E-state index contributed by atoms with van der Waals surface area (Å²) >= 11 is 3.86. The van der Waals surface area contributed by atoms with Crippen molar-refractivity contribution in [3.63, 3.8) is 0 Å². The van der Waals surface area contributed by atoms with Crippen LogP contribution < -0.4 is 5.32 Å². The van der Waals surface area contributed by atoms with Crippen LogP contribution in [0.25, 0.3) is 0 Å². The van der Waals surface area contributed by atoms with Crippen molar-refractivity contribution in [1.82, 2.24) is 0 Å². The van der Waals surface area contributed by atoms with Gasteiger partial charge in [-0.3, -0.25) is 4.79 Å². The lowest BCUT2D eigenvalue weighted by molar-refractivity contribution is -0.113. The van der Waals surface area contributed by atoms with E-state index in [4.69, 9.17) is 0 Å². The Bertz CT molecular complexity index is 545. The third-order valence-corrected chi connectivity index (χ3v) is 4.13. The van der Waals surface area contributed by atoms with Crippen LogP contribution in [0.5, 0.6) is 0 Å². The lowest BCUT2D eigenvalue weighted by Gasteiger charge is -2.05. The monoisotopic (exact) mass is 383 g/mol. The molecule has 0 saturated carbocycles. The highest BCUT2D eigenvalue weighted by Gasteiger charge is 2.03. The van der Waals surface area contributed by atoms with Crippen molar-refractivity contribution in [2.45, 2.75) is 5.75 Å². The average molecular weight is 383 g/mol. The largest absolute Gasteiger partial charge is 0.325 e. The Morgan fingerprint density at radius 1 is 1.11 bits per heavy atom. The van der Waals surface area contributed by atoms with Gasteiger partial charge in [0.1, 0.15) is 0 Å². The minimum absolute atomic E-state index is 0.0444. The molecule has 0 radical (unpaired) electrons. The summed E-state index contributed by atoms with van der Waals surface area (Å²) in [5, 5.41) is 2.90. The van der Waals surface area contributed by atoms with Gasteiger partial charge in [0.25, 0.3) is 0 Å². The van der Waals surface area contributed by atoms with Crippen molar-refractivity contribution in [2.24, 2.45) is 0 Å². The molecule has 0 aliphatic heterocycles. The minimum atomic E-state index is 0.0444. The number of amides is 1. The Hall–Kier alpha value is -1.01. The zero-order valence-electron chi connectivity index (χ0n) is 10.3. The zero-order valence-corrected chi connectivity index (χ0v) is 13.3. The molecule has 1 N–H and O–H groups in total. The quantitative estimate of drug-likeness (QED) is 0.786. The van der Waals surface area contributed by atoms with E-state index < -0.39 is 0 Å². The molecular weight excluding hydrogens is 369 g/mol. The van der Waals surface area contributed by atoms with E-state index in [9.17, 15) is 4.79 Å². The normalized spacial score (nSPS) is 10.2. The molecule has 2 aromatic rings. The second kappa shape index (κ2) is 7.55. The van der Waals surface area contributed by atoms with E-state index in [2.05, 4.69) is 40.0 Å². The van der Waals surface area contributed by atoms with Gasteiger partial charge < -0.3 is 5.32 Å². The van der Waals surface area contributed by atoms with Crippen molar-refractivity contribution in [3.05, 3.63) is 63.7 Å². The first-order chi connectivity index (χ1) is 9.24. The van der Waals surface area contributed by atoms with Gasteiger partial charge in [0, 0.05) is 15.0 Å². The molecule has 4 heteroatoms. The van der Waals surface area contributed by atoms with Crippen LogP contribution in [-0.2, 0) is 10.5 Å². The number of carbonyl (C=O) groups is 1. The molecule has 0 aliphatic carbocycles. The third-order valence-electron chi connectivity index (χ3n) is 2.45. The molecule has 0 bridgehead atoms.